The number of benzene rings is 2. The molecule has 1 N–H and O–H groups in total. The van der Waals surface area contributed by atoms with Crippen LogP contribution < -0.4 is 10.2 Å². The second-order valence-electron chi connectivity index (χ2n) is 8.96. The van der Waals surface area contributed by atoms with Crippen LogP contribution in [0.1, 0.15) is 32.6 Å². The number of carbonyl (C=O) groups is 2. The van der Waals surface area contributed by atoms with E-state index in [-0.39, 0.29) is 24.2 Å². The Balaban J connectivity index is 1.46. The summed E-state index contributed by atoms with van der Waals surface area (Å²) < 4.78 is 41.9. The molecule has 0 spiro atoms. The van der Waals surface area contributed by atoms with Crippen LogP contribution in [-0.4, -0.2) is 39.6 Å². The van der Waals surface area contributed by atoms with Gasteiger partial charge in [0, 0.05) is 24.4 Å². The largest absolute Gasteiger partial charge is 0.346 e. The zero-order valence-corrected chi connectivity index (χ0v) is 18.0. The molecule has 1 aliphatic carbocycles. The molecule has 3 aromatic rings. The molecule has 1 aromatic heterocycles. The number of nitrogens with zero attached hydrogens (tertiary/aromatic N) is 3. The summed E-state index contributed by atoms with van der Waals surface area (Å²) in [4.78, 5) is 26.5. The van der Waals surface area contributed by atoms with Crippen LogP contribution in [-0.2, 0) is 9.59 Å². The molecular formula is C24H23F3N4O2. The zero-order valence-electron chi connectivity index (χ0n) is 18.0. The maximum absolute atomic E-state index is 13.5. The molecular weight excluding hydrogens is 433 g/mol. The normalized spacial score (nSPS) is 21.1. The van der Waals surface area contributed by atoms with Crippen LogP contribution in [0.3, 0.4) is 0 Å². The molecule has 33 heavy (non-hydrogen) atoms. The summed E-state index contributed by atoms with van der Waals surface area (Å²) in [6, 6.07) is 10.4. The number of anilines is 1. The Bertz CT molecular complexity index is 1210. The molecule has 0 bridgehead atoms. The van der Waals surface area contributed by atoms with E-state index in [4.69, 9.17) is 0 Å². The first kappa shape index (κ1) is 21.5. The van der Waals surface area contributed by atoms with Gasteiger partial charge in [0.2, 0.25) is 5.91 Å². The van der Waals surface area contributed by atoms with Crippen molar-refractivity contribution in [3.05, 3.63) is 54.5 Å². The van der Waals surface area contributed by atoms with Crippen molar-refractivity contribution in [1.29, 1.82) is 0 Å². The average molecular weight is 456 g/mol. The summed E-state index contributed by atoms with van der Waals surface area (Å²) in [6.45, 7) is 0.555. The van der Waals surface area contributed by atoms with Gasteiger partial charge in [0.15, 0.2) is 0 Å². The van der Waals surface area contributed by atoms with Crippen LogP contribution in [0.4, 0.5) is 18.9 Å². The highest BCUT2D eigenvalue weighted by molar-refractivity contribution is 6.00. The number of fused-ring (bicyclic) bond motifs is 1. The third kappa shape index (κ3) is 4.19. The summed E-state index contributed by atoms with van der Waals surface area (Å²) >= 11 is 0. The van der Waals surface area contributed by atoms with Crippen LogP contribution in [0.2, 0.25) is 0 Å². The summed E-state index contributed by atoms with van der Waals surface area (Å²) in [5, 5.41) is 7.57. The molecule has 2 amide bonds. The van der Waals surface area contributed by atoms with Gasteiger partial charge in [0.1, 0.15) is 5.82 Å². The summed E-state index contributed by atoms with van der Waals surface area (Å²) in [5.41, 5.74) is 2.12. The van der Waals surface area contributed by atoms with E-state index < -0.39 is 17.9 Å². The Morgan fingerprint density at radius 1 is 1.15 bits per heavy atom. The number of nitrogens with one attached hydrogen (secondary N) is 1. The Morgan fingerprint density at radius 2 is 1.85 bits per heavy atom. The molecule has 0 radical (unpaired) electrons. The van der Waals surface area contributed by atoms with Gasteiger partial charge in [-0.3, -0.25) is 9.59 Å². The Labute approximate surface area is 188 Å². The summed E-state index contributed by atoms with van der Waals surface area (Å²) in [5.74, 6) is -4.99. The van der Waals surface area contributed by atoms with Crippen molar-refractivity contribution in [3.63, 3.8) is 0 Å². The molecule has 2 heterocycles. The molecule has 2 aliphatic rings. The van der Waals surface area contributed by atoms with E-state index in [0.717, 1.165) is 23.7 Å². The minimum Gasteiger partial charge on any atom is -0.346 e. The SMILES string of the molecule is CC(F)(F)C(=O)N[C@@H]1CC(=O)N(c2ccc3c(cnn3-c3ccc(F)cc3)c2)[C@@H]1CC1CC1. The van der Waals surface area contributed by atoms with Crippen LogP contribution >= 0.6 is 0 Å². The second kappa shape index (κ2) is 7.90. The number of halogens is 3. The first-order valence-corrected chi connectivity index (χ1v) is 11.0. The molecule has 1 saturated carbocycles. The maximum atomic E-state index is 13.5. The van der Waals surface area contributed by atoms with E-state index >= 15 is 0 Å². The molecule has 5 rings (SSSR count). The molecule has 2 fully saturated rings. The van der Waals surface area contributed by atoms with Gasteiger partial charge >= 0.3 is 5.92 Å². The number of amides is 2. The van der Waals surface area contributed by atoms with Crippen molar-refractivity contribution in [1.82, 2.24) is 15.1 Å². The fourth-order valence-corrected chi connectivity index (χ4v) is 4.49. The average Bonchev–Trinajstić information content (AvgIpc) is 3.40. The standard InChI is InChI=1S/C24H23F3N4O2/c1-24(26,27)23(33)29-19-12-22(32)30(21(19)10-14-2-3-14)18-8-9-20-15(11-18)13-28-31(20)17-6-4-16(25)5-7-17/h4-9,11,13-14,19,21H,2-3,10,12H2,1H3,(H,29,33)/t19-,21-/m1/s1. The van der Waals surface area contributed by atoms with Crippen LogP contribution in [0.15, 0.2) is 48.7 Å². The molecule has 1 aliphatic heterocycles. The zero-order chi connectivity index (χ0) is 23.3. The molecule has 2 atom stereocenters. The van der Waals surface area contributed by atoms with E-state index in [1.165, 1.54) is 12.1 Å². The lowest BCUT2D eigenvalue weighted by Gasteiger charge is -2.29. The van der Waals surface area contributed by atoms with Gasteiger partial charge in [-0.25, -0.2) is 9.07 Å². The molecule has 0 unspecified atom stereocenters. The van der Waals surface area contributed by atoms with Gasteiger partial charge in [-0.1, -0.05) is 12.8 Å². The fraction of sp³-hybridized carbons (Fsp3) is 0.375. The molecule has 9 heteroatoms. The van der Waals surface area contributed by atoms with Gasteiger partial charge in [-0.15, -0.1) is 0 Å². The van der Waals surface area contributed by atoms with Gasteiger partial charge < -0.3 is 10.2 Å². The second-order valence-corrected chi connectivity index (χ2v) is 8.96. The molecule has 172 valence electrons. The quantitative estimate of drug-likeness (QED) is 0.604. The van der Waals surface area contributed by atoms with E-state index in [1.807, 2.05) is 12.1 Å². The van der Waals surface area contributed by atoms with Gasteiger partial charge in [0.25, 0.3) is 5.91 Å². The highest BCUT2D eigenvalue weighted by Crippen LogP contribution is 2.40. The van der Waals surface area contributed by atoms with Gasteiger partial charge in [-0.2, -0.15) is 13.9 Å². The summed E-state index contributed by atoms with van der Waals surface area (Å²) in [6.07, 6.45) is 4.36. The van der Waals surface area contributed by atoms with Crippen LogP contribution in [0, 0.1) is 11.7 Å². The van der Waals surface area contributed by atoms with Gasteiger partial charge in [-0.05, 0) is 54.8 Å². The lowest BCUT2D eigenvalue weighted by atomic mass is 10.0. The smallest absolute Gasteiger partial charge is 0.321 e. The van der Waals surface area contributed by atoms with E-state index in [2.05, 4.69) is 10.4 Å². The topological polar surface area (TPSA) is 67.2 Å². The van der Waals surface area contributed by atoms with Crippen molar-refractivity contribution < 1.29 is 22.8 Å². The number of alkyl halides is 2. The highest BCUT2D eigenvalue weighted by atomic mass is 19.3. The van der Waals surface area contributed by atoms with Crippen molar-refractivity contribution >= 4 is 28.4 Å². The third-order valence-corrected chi connectivity index (χ3v) is 6.35. The number of hydrogen-bond donors (Lipinski definition) is 1. The fourth-order valence-electron chi connectivity index (χ4n) is 4.49. The Morgan fingerprint density at radius 3 is 2.52 bits per heavy atom. The van der Waals surface area contributed by atoms with E-state index in [0.29, 0.717) is 30.6 Å². The highest BCUT2D eigenvalue weighted by Gasteiger charge is 2.46. The lowest BCUT2D eigenvalue weighted by Crippen LogP contribution is -2.49. The van der Waals surface area contributed by atoms with Crippen LogP contribution in [0.25, 0.3) is 16.6 Å². The number of aromatic nitrogens is 2. The van der Waals surface area contributed by atoms with Crippen molar-refractivity contribution in [2.24, 2.45) is 5.92 Å². The van der Waals surface area contributed by atoms with Crippen molar-refractivity contribution in [3.8, 4) is 5.69 Å². The molecule has 2 aromatic carbocycles. The Kier molecular flexibility index (Phi) is 5.14. The van der Waals surface area contributed by atoms with Gasteiger partial charge in [0.05, 0.1) is 29.5 Å². The minimum absolute atomic E-state index is 0.0217. The maximum Gasteiger partial charge on any atom is 0.321 e. The van der Waals surface area contributed by atoms with Crippen molar-refractivity contribution in [2.45, 2.75) is 50.6 Å². The minimum atomic E-state index is -3.51. The number of carbonyl (C=O) groups excluding carboxylic acids is 2. The Hall–Kier alpha value is -3.36. The predicted molar refractivity (Wildman–Crippen MR) is 117 cm³/mol. The lowest BCUT2D eigenvalue weighted by molar-refractivity contribution is -0.143. The molecule has 6 nitrogen and oxygen atoms in total. The third-order valence-electron chi connectivity index (χ3n) is 6.35. The van der Waals surface area contributed by atoms with E-state index in [1.54, 1.807) is 34.0 Å². The van der Waals surface area contributed by atoms with Crippen LogP contribution in [0.5, 0.6) is 0 Å². The first-order chi connectivity index (χ1) is 15.7. The summed E-state index contributed by atoms with van der Waals surface area (Å²) in [7, 11) is 0. The molecule has 1 saturated heterocycles. The first-order valence-electron chi connectivity index (χ1n) is 11.0. The number of rotatable bonds is 6. The monoisotopic (exact) mass is 456 g/mol. The van der Waals surface area contributed by atoms with E-state index in [9.17, 15) is 22.8 Å². The number of hydrogen-bond acceptors (Lipinski definition) is 3. The predicted octanol–water partition coefficient (Wildman–Crippen LogP) is 4.21. The van der Waals surface area contributed by atoms with Crippen molar-refractivity contribution in [2.75, 3.05) is 4.90 Å².